The van der Waals surface area contributed by atoms with Crippen molar-refractivity contribution in [1.29, 1.82) is 0 Å². The van der Waals surface area contributed by atoms with Crippen LogP contribution in [0.2, 0.25) is 0 Å². The van der Waals surface area contributed by atoms with Gasteiger partial charge in [-0.1, -0.05) is 66.2 Å². The van der Waals surface area contributed by atoms with Crippen LogP contribution in [0.5, 0.6) is 0 Å². The molecular weight excluding hydrogens is 259 g/mol. The summed E-state index contributed by atoms with van der Waals surface area (Å²) in [5.41, 5.74) is 0. The summed E-state index contributed by atoms with van der Waals surface area (Å²) in [4.78, 5) is 0. The predicted octanol–water partition coefficient (Wildman–Crippen LogP) is 7.37. The first-order chi connectivity index (χ1) is 9.74. The van der Waals surface area contributed by atoms with Crippen LogP contribution in [0, 0.1) is 0 Å². The zero-order valence-electron chi connectivity index (χ0n) is 15.1. The van der Waals surface area contributed by atoms with Crippen molar-refractivity contribution in [3.8, 4) is 0 Å². The van der Waals surface area contributed by atoms with E-state index in [1.54, 1.807) is 24.6 Å². The lowest BCUT2D eigenvalue weighted by atomic mass is 10.2. The second-order valence-corrected chi connectivity index (χ2v) is 11.2. The van der Waals surface area contributed by atoms with E-state index in [1.165, 1.54) is 70.6 Å². The van der Waals surface area contributed by atoms with Gasteiger partial charge in [-0.05, 0) is 32.1 Å². The maximum atomic E-state index is 2.42. The fraction of sp³-hybridized carbons (Fsp3) is 1.00. The molecule has 0 aromatic rings. The van der Waals surface area contributed by atoms with E-state index in [9.17, 15) is 0 Å². The molecule has 0 fully saturated rings. The normalized spacial score (nSPS) is 12.0. The lowest BCUT2D eigenvalue weighted by Crippen LogP contribution is -2.12. The first-order valence-corrected chi connectivity index (χ1v) is 12.1. The first-order valence-electron chi connectivity index (χ1n) is 9.59. The molecule has 0 aromatic heterocycles. The van der Waals surface area contributed by atoms with Crippen LogP contribution in [0.4, 0.5) is 0 Å². The van der Waals surface area contributed by atoms with E-state index in [0.29, 0.717) is 0 Å². The van der Waals surface area contributed by atoms with Crippen molar-refractivity contribution in [1.82, 2.24) is 0 Å². The van der Waals surface area contributed by atoms with Gasteiger partial charge in [0.25, 0.3) is 0 Å². The van der Waals surface area contributed by atoms with Gasteiger partial charge in [-0.15, -0.1) is 0 Å². The Morgan fingerprint density at radius 1 is 0.400 bits per heavy atom. The third kappa shape index (κ3) is 10.2. The molecule has 20 heavy (non-hydrogen) atoms. The van der Waals surface area contributed by atoms with Gasteiger partial charge in [0.05, 0.1) is 24.6 Å². The summed E-state index contributed by atoms with van der Waals surface area (Å²) in [6.45, 7) is 9.44. The van der Waals surface area contributed by atoms with E-state index in [4.69, 9.17) is 0 Å². The second kappa shape index (κ2) is 14.4. The Kier molecular flexibility index (Phi) is 14.7. The summed E-state index contributed by atoms with van der Waals surface area (Å²) in [5.74, 6) is 0. The molecule has 1 heteroatoms. The van der Waals surface area contributed by atoms with Crippen molar-refractivity contribution in [3.05, 3.63) is 0 Å². The minimum absolute atomic E-state index is 0.596. The lowest BCUT2D eigenvalue weighted by Gasteiger charge is -2.28. The molecule has 0 aliphatic rings. The molecule has 0 nitrogen and oxygen atoms in total. The molecule has 0 amide bonds. The minimum Gasteiger partial charge on any atom is -0.0654 e. The van der Waals surface area contributed by atoms with E-state index in [-0.39, 0.29) is 0 Å². The Balaban J connectivity index is 4.37. The zero-order valence-corrected chi connectivity index (χ0v) is 15.9. The smallest absolute Gasteiger partial charge is 0.0594 e. The molecule has 0 N–H and O–H groups in total. The maximum absolute atomic E-state index is 2.42. The predicted molar refractivity (Wildman–Crippen MR) is 99.9 cm³/mol. The molecule has 0 unspecified atom stereocenters. The van der Waals surface area contributed by atoms with Gasteiger partial charge < -0.3 is 0 Å². The summed E-state index contributed by atoms with van der Waals surface area (Å²) in [7, 11) is -0.596. The third-order valence-electron chi connectivity index (χ3n) is 4.66. The van der Waals surface area contributed by atoms with Crippen LogP contribution in [-0.2, 0) is 0 Å². The van der Waals surface area contributed by atoms with Crippen LogP contribution in [0.3, 0.4) is 0 Å². The lowest BCUT2D eigenvalue weighted by molar-refractivity contribution is 0.697. The summed E-state index contributed by atoms with van der Waals surface area (Å²) >= 11 is 0. The fourth-order valence-electron chi connectivity index (χ4n) is 3.41. The van der Waals surface area contributed by atoms with Gasteiger partial charge in [0.15, 0.2) is 0 Å². The average molecular weight is 302 g/mol. The zero-order chi connectivity index (χ0) is 15.1. The number of rotatable bonds is 15. The Morgan fingerprint density at radius 3 is 1.20 bits per heavy atom. The topological polar surface area (TPSA) is 0 Å². The van der Waals surface area contributed by atoms with Gasteiger partial charge in [-0.2, -0.15) is 0 Å². The van der Waals surface area contributed by atoms with Crippen molar-refractivity contribution < 1.29 is 0 Å². The standard InChI is InChI=1S/C19H42P/c1-5-9-12-15-19-20(16-8-4,17-13-10-6-2)18-14-11-7-3/h5-19H2,1-4H3/q+1. The van der Waals surface area contributed by atoms with Crippen molar-refractivity contribution in [2.45, 2.75) is 98.3 Å². The Bertz CT molecular complexity index is 178. The average Bonchev–Trinajstić information content (AvgIpc) is 2.44. The highest BCUT2D eigenvalue weighted by atomic mass is 31.2. The molecule has 0 atom stereocenters. The Hall–Kier alpha value is 0.430. The van der Waals surface area contributed by atoms with Gasteiger partial charge in [-0.25, -0.2) is 0 Å². The highest BCUT2D eigenvalue weighted by molar-refractivity contribution is 7.75. The van der Waals surface area contributed by atoms with Crippen molar-refractivity contribution in [2.75, 3.05) is 24.6 Å². The van der Waals surface area contributed by atoms with Crippen LogP contribution in [0.15, 0.2) is 0 Å². The van der Waals surface area contributed by atoms with Crippen molar-refractivity contribution in [3.63, 3.8) is 0 Å². The summed E-state index contributed by atoms with van der Waals surface area (Å²) in [6, 6.07) is 0. The maximum Gasteiger partial charge on any atom is 0.0594 e. The first kappa shape index (κ1) is 20.4. The molecule has 0 aromatic carbocycles. The largest absolute Gasteiger partial charge is 0.0654 e. The number of hydrogen-bond acceptors (Lipinski definition) is 0. The van der Waals surface area contributed by atoms with Crippen LogP contribution in [0.1, 0.15) is 98.3 Å². The number of unbranched alkanes of at least 4 members (excludes halogenated alkanes) is 7. The number of hydrogen-bond donors (Lipinski definition) is 0. The summed E-state index contributed by atoms with van der Waals surface area (Å²) in [5, 5.41) is 0. The molecule has 0 saturated carbocycles. The van der Waals surface area contributed by atoms with Gasteiger partial charge in [0.2, 0.25) is 0 Å². The van der Waals surface area contributed by atoms with E-state index in [2.05, 4.69) is 27.7 Å². The SMILES string of the molecule is CCCCCC[P+](CCC)(CCCCC)CCCCC. The van der Waals surface area contributed by atoms with Crippen LogP contribution in [-0.4, -0.2) is 24.6 Å². The van der Waals surface area contributed by atoms with Crippen molar-refractivity contribution >= 4 is 7.26 Å². The Labute approximate surface area is 130 Å². The third-order valence-corrected chi connectivity index (χ3v) is 9.85. The van der Waals surface area contributed by atoms with Crippen molar-refractivity contribution in [2.24, 2.45) is 0 Å². The monoisotopic (exact) mass is 301 g/mol. The van der Waals surface area contributed by atoms with E-state index in [1.807, 2.05) is 0 Å². The highest BCUT2D eigenvalue weighted by Gasteiger charge is 2.34. The molecule has 0 bridgehead atoms. The molecule has 0 heterocycles. The summed E-state index contributed by atoms with van der Waals surface area (Å²) in [6.07, 6.45) is 22.5. The van der Waals surface area contributed by atoms with Crippen LogP contribution in [0.25, 0.3) is 0 Å². The van der Waals surface area contributed by atoms with E-state index >= 15 is 0 Å². The second-order valence-electron chi connectivity index (χ2n) is 6.71. The van der Waals surface area contributed by atoms with Crippen LogP contribution < -0.4 is 0 Å². The quantitative estimate of drug-likeness (QED) is 0.219. The summed E-state index contributed by atoms with van der Waals surface area (Å²) < 4.78 is 0. The van der Waals surface area contributed by atoms with Gasteiger partial charge >= 0.3 is 0 Å². The van der Waals surface area contributed by atoms with E-state index in [0.717, 1.165) is 0 Å². The van der Waals surface area contributed by atoms with E-state index < -0.39 is 7.26 Å². The molecular formula is C19H42P+. The van der Waals surface area contributed by atoms with Gasteiger partial charge in [-0.3, -0.25) is 0 Å². The molecule has 0 aliphatic carbocycles. The fourth-order valence-corrected chi connectivity index (χ4v) is 8.39. The molecule has 0 radical (unpaired) electrons. The molecule has 0 spiro atoms. The minimum atomic E-state index is -0.596. The Morgan fingerprint density at radius 2 is 0.800 bits per heavy atom. The van der Waals surface area contributed by atoms with Crippen LogP contribution >= 0.6 is 7.26 Å². The molecule has 122 valence electrons. The van der Waals surface area contributed by atoms with Gasteiger partial charge in [0.1, 0.15) is 0 Å². The molecule has 0 aliphatic heterocycles. The molecule has 0 rings (SSSR count). The molecule has 0 saturated heterocycles. The highest BCUT2D eigenvalue weighted by Crippen LogP contribution is 2.61. The van der Waals surface area contributed by atoms with Gasteiger partial charge in [0, 0.05) is 7.26 Å².